The van der Waals surface area contributed by atoms with Crippen molar-refractivity contribution in [1.29, 1.82) is 0 Å². The van der Waals surface area contributed by atoms with Crippen molar-refractivity contribution >= 4 is 23.4 Å². The third-order valence-electron chi connectivity index (χ3n) is 0.943. The Labute approximate surface area is 75.3 Å². The largest absolute Gasteiger partial charge is 0.335 e. The Balaban J connectivity index is 3.57. The molecule has 5 heteroatoms. The van der Waals surface area contributed by atoms with E-state index >= 15 is 0 Å². The second-order valence-electron chi connectivity index (χ2n) is 1.83. The second kappa shape index (κ2) is 5.37. The van der Waals surface area contributed by atoms with Crippen LogP contribution >= 0.6 is 11.6 Å². The Hall–Kier alpha value is -1.29. The first-order chi connectivity index (χ1) is 5.57. The minimum absolute atomic E-state index is 0.00935. The maximum atomic E-state index is 10.7. The normalized spacial score (nSPS) is 8.42. The molecule has 2 N–H and O–H groups in total. The van der Waals surface area contributed by atoms with Gasteiger partial charge in [-0.05, 0) is 6.08 Å². The number of amides is 2. The average Bonchev–Trinajstić information content (AvgIpc) is 2.03. The molecule has 0 rings (SSSR count). The van der Waals surface area contributed by atoms with Gasteiger partial charge in [-0.1, -0.05) is 24.8 Å². The van der Waals surface area contributed by atoms with Gasteiger partial charge >= 0.3 is 0 Å². The smallest absolute Gasteiger partial charge is 0.263 e. The highest BCUT2D eigenvalue weighted by atomic mass is 35.5. The Kier molecular flexibility index (Phi) is 4.79. The fourth-order valence-corrected chi connectivity index (χ4v) is 0.446. The van der Waals surface area contributed by atoms with Gasteiger partial charge in [-0.25, -0.2) is 0 Å². The molecule has 0 aliphatic rings. The molecule has 0 fully saturated rings. The number of carbonyl (C=O) groups excluding carboxylic acids is 2. The molecule has 0 saturated carbocycles. The predicted molar refractivity (Wildman–Crippen MR) is 46.3 cm³/mol. The fraction of sp³-hybridized carbons (Fsp3) is 0.143. The van der Waals surface area contributed by atoms with E-state index in [2.05, 4.69) is 23.8 Å². The van der Waals surface area contributed by atoms with E-state index in [4.69, 9.17) is 11.6 Å². The van der Waals surface area contributed by atoms with Gasteiger partial charge in [-0.3, -0.25) is 9.59 Å². The van der Waals surface area contributed by atoms with E-state index in [0.29, 0.717) is 0 Å². The lowest BCUT2D eigenvalue weighted by Gasteiger charge is -2.03. The molecule has 12 heavy (non-hydrogen) atoms. The maximum absolute atomic E-state index is 10.7. The molecular formula is C7H9ClN2O2. The Morgan fingerprint density at radius 3 is 2.42 bits per heavy atom. The molecule has 0 radical (unpaired) electrons. The summed E-state index contributed by atoms with van der Waals surface area (Å²) < 4.78 is 0. The summed E-state index contributed by atoms with van der Waals surface area (Å²) in [6.07, 6.45) is 1.10. The summed E-state index contributed by atoms with van der Waals surface area (Å²) in [6, 6.07) is 0. The van der Waals surface area contributed by atoms with Crippen LogP contribution in [0, 0.1) is 0 Å². The number of rotatable bonds is 4. The van der Waals surface area contributed by atoms with Crippen molar-refractivity contribution in [1.82, 2.24) is 10.6 Å². The van der Waals surface area contributed by atoms with Gasteiger partial charge in [0.1, 0.15) is 0 Å². The van der Waals surface area contributed by atoms with E-state index in [-0.39, 0.29) is 17.6 Å². The van der Waals surface area contributed by atoms with Crippen LogP contribution in [0.5, 0.6) is 0 Å². The predicted octanol–water partition coefficient (Wildman–Crippen LogP) is 0.115. The van der Waals surface area contributed by atoms with Gasteiger partial charge in [0.2, 0.25) is 5.91 Å². The van der Waals surface area contributed by atoms with Crippen LogP contribution in [-0.2, 0) is 9.59 Å². The SMILES string of the molecule is C=CC(=O)NCNC(=O)C(=C)Cl. The standard InChI is InChI=1S/C7H9ClN2O2/c1-3-6(11)9-4-10-7(12)5(2)8/h3H,1-2,4H2,(H,9,11)(H,10,12). The minimum Gasteiger partial charge on any atom is -0.335 e. The second-order valence-corrected chi connectivity index (χ2v) is 2.29. The number of hydrogen-bond acceptors (Lipinski definition) is 2. The third kappa shape index (κ3) is 4.51. The average molecular weight is 189 g/mol. The first-order valence-electron chi connectivity index (χ1n) is 3.10. The molecule has 0 atom stereocenters. The highest BCUT2D eigenvalue weighted by molar-refractivity contribution is 6.41. The molecule has 0 saturated heterocycles. The summed E-state index contributed by atoms with van der Waals surface area (Å²) in [7, 11) is 0. The van der Waals surface area contributed by atoms with Gasteiger partial charge in [0, 0.05) is 0 Å². The molecule has 0 spiro atoms. The summed E-state index contributed by atoms with van der Waals surface area (Å²) in [4.78, 5) is 21.2. The van der Waals surface area contributed by atoms with Crippen LogP contribution < -0.4 is 10.6 Å². The lowest BCUT2D eigenvalue weighted by Crippen LogP contribution is -2.36. The number of hydrogen-bond donors (Lipinski definition) is 2. The van der Waals surface area contributed by atoms with E-state index in [1.54, 1.807) is 0 Å². The molecule has 0 unspecified atom stereocenters. The summed E-state index contributed by atoms with van der Waals surface area (Å²) >= 11 is 5.24. The molecule has 0 aromatic carbocycles. The minimum atomic E-state index is -0.513. The van der Waals surface area contributed by atoms with Crippen molar-refractivity contribution in [3.8, 4) is 0 Å². The quantitative estimate of drug-likeness (QED) is 0.486. The van der Waals surface area contributed by atoms with Crippen LogP contribution in [0.15, 0.2) is 24.3 Å². The van der Waals surface area contributed by atoms with Gasteiger partial charge < -0.3 is 10.6 Å². The molecule has 66 valence electrons. The lowest BCUT2D eigenvalue weighted by atomic mass is 10.5. The molecular weight excluding hydrogens is 180 g/mol. The highest BCUT2D eigenvalue weighted by Crippen LogP contribution is 1.93. The molecule has 0 bridgehead atoms. The Morgan fingerprint density at radius 1 is 1.42 bits per heavy atom. The van der Waals surface area contributed by atoms with Crippen LogP contribution in [0.25, 0.3) is 0 Å². The summed E-state index contributed by atoms with van der Waals surface area (Å²) in [6.45, 7) is 6.43. The lowest BCUT2D eigenvalue weighted by molar-refractivity contribution is -0.118. The number of nitrogens with one attached hydrogen (secondary N) is 2. The molecule has 4 nitrogen and oxygen atoms in total. The third-order valence-corrected chi connectivity index (χ3v) is 1.11. The summed E-state index contributed by atoms with van der Waals surface area (Å²) in [5.74, 6) is -0.878. The van der Waals surface area contributed by atoms with E-state index < -0.39 is 5.91 Å². The zero-order valence-electron chi connectivity index (χ0n) is 6.39. The van der Waals surface area contributed by atoms with Gasteiger partial charge in [0.25, 0.3) is 5.91 Å². The van der Waals surface area contributed by atoms with Crippen LogP contribution in [-0.4, -0.2) is 18.5 Å². The van der Waals surface area contributed by atoms with Crippen LogP contribution in [0.3, 0.4) is 0 Å². The van der Waals surface area contributed by atoms with Crippen molar-refractivity contribution in [2.75, 3.05) is 6.67 Å². The summed E-state index contributed by atoms with van der Waals surface area (Å²) in [5.41, 5.74) is 0. The van der Waals surface area contributed by atoms with Crippen LogP contribution in [0.2, 0.25) is 0 Å². The van der Waals surface area contributed by atoms with E-state index in [1.165, 1.54) is 0 Å². The van der Waals surface area contributed by atoms with Crippen molar-refractivity contribution in [2.45, 2.75) is 0 Å². The zero-order valence-corrected chi connectivity index (χ0v) is 7.15. The molecule has 0 aromatic heterocycles. The Bertz CT molecular complexity index is 225. The van der Waals surface area contributed by atoms with Crippen molar-refractivity contribution in [3.63, 3.8) is 0 Å². The molecule has 0 aliphatic heterocycles. The zero-order chi connectivity index (χ0) is 9.56. The van der Waals surface area contributed by atoms with Crippen molar-refractivity contribution in [2.24, 2.45) is 0 Å². The molecule has 0 aromatic rings. The number of carbonyl (C=O) groups is 2. The van der Waals surface area contributed by atoms with Gasteiger partial charge in [0.05, 0.1) is 11.7 Å². The molecule has 0 heterocycles. The first-order valence-corrected chi connectivity index (χ1v) is 3.48. The van der Waals surface area contributed by atoms with Gasteiger partial charge in [-0.15, -0.1) is 0 Å². The van der Waals surface area contributed by atoms with E-state index in [0.717, 1.165) is 6.08 Å². The number of halogens is 1. The molecule has 2 amide bonds. The Morgan fingerprint density at radius 2 is 2.00 bits per heavy atom. The van der Waals surface area contributed by atoms with Crippen LogP contribution in [0.1, 0.15) is 0 Å². The first kappa shape index (κ1) is 10.7. The fourth-order valence-electron chi connectivity index (χ4n) is 0.380. The van der Waals surface area contributed by atoms with Gasteiger partial charge in [-0.2, -0.15) is 0 Å². The van der Waals surface area contributed by atoms with Crippen molar-refractivity contribution < 1.29 is 9.59 Å². The topological polar surface area (TPSA) is 58.2 Å². The van der Waals surface area contributed by atoms with Crippen molar-refractivity contribution in [3.05, 3.63) is 24.3 Å². The van der Waals surface area contributed by atoms with Crippen LogP contribution in [0.4, 0.5) is 0 Å². The van der Waals surface area contributed by atoms with E-state index in [1.807, 2.05) is 0 Å². The summed E-state index contributed by atoms with van der Waals surface area (Å²) in [5, 5.41) is 4.50. The molecule has 0 aliphatic carbocycles. The van der Waals surface area contributed by atoms with Gasteiger partial charge in [0.15, 0.2) is 0 Å². The maximum Gasteiger partial charge on any atom is 0.263 e. The highest BCUT2D eigenvalue weighted by Gasteiger charge is 2.01. The van der Waals surface area contributed by atoms with E-state index in [9.17, 15) is 9.59 Å². The monoisotopic (exact) mass is 188 g/mol.